The molecule has 0 bridgehead atoms. The summed E-state index contributed by atoms with van der Waals surface area (Å²) >= 11 is 0. The molecule has 134 valence electrons. The Balaban J connectivity index is 1.75. The molecule has 1 aromatic heterocycles. The van der Waals surface area contributed by atoms with Crippen molar-refractivity contribution in [3.8, 4) is 0 Å². The van der Waals surface area contributed by atoms with Crippen LogP contribution in [0.5, 0.6) is 0 Å². The Kier molecular flexibility index (Phi) is 6.66. The maximum Gasteiger partial charge on any atom is 0.223 e. The Bertz CT molecular complexity index is 557. The quantitative estimate of drug-likeness (QED) is 0.617. The molecule has 7 nitrogen and oxygen atoms in total. The summed E-state index contributed by atoms with van der Waals surface area (Å²) in [6.07, 6.45) is 2.64. The highest BCUT2D eigenvalue weighted by Gasteiger charge is 2.20. The van der Waals surface area contributed by atoms with Crippen LogP contribution in [0.2, 0.25) is 0 Å². The van der Waals surface area contributed by atoms with Gasteiger partial charge in [-0.15, -0.1) is 0 Å². The standard InChI is InChI=1S/C17H30N6O/c1-18-17(19-14-15-6-5-8-21(15)4)23-12-10-22(11-13-23)9-7-16(24)20(2)3/h5-6,8H,7,9-14H2,1-4H3,(H,18,19). The van der Waals surface area contributed by atoms with Gasteiger partial charge in [-0.1, -0.05) is 0 Å². The number of carbonyl (C=O) groups excluding carboxylic acids is 1. The molecule has 2 heterocycles. The number of nitrogens with zero attached hydrogens (tertiary/aromatic N) is 5. The molecule has 1 aliphatic rings. The van der Waals surface area contributed by atoms with Crippen molar-refractivity contribution < 1.29 is 4.79 Å². The van der Waals surface area contributed by atoms with Crippen LogP contribution in [-0.4, -0.2) is 85.0 Å². The molecular weight excluding hydrogens is 304 g/mol. The molecule has 0 radical (unpaired) electrons. The van der Waals surface area contributed by atoms with Crippen LogP contribution in [0.15, 0.2) is 23.3 Å². The number of hydrogen-bond donors (Lipinski definition) is 1. The van der Waals surface area contributed by atoms with Gasteiger partial charge in [-0.25, -0.2) is 0 Å². The fourth-order valence-corrected chi connectivity index (χ4v) is 2.84. The van der Waals surface area contributed by atoms with Crippen molar-refractivity contribution in [1.82, 2.24) is 24.6 Å². The highest BCUT2D eigenvalue weighted by molar-refractivity contribution is 5.80. The molecule has 0 unspecified atom stereocenters. The lowest BCUT2D eigenvalue weighted by Crippen LogP contribution is -2.52. The smallest absolute Gasteiger partial charge is 0.223 e. The first-order valence-corrected chi connectivity index (χ1v) is 8.49. The molecule has 24 heavy (non-hydrogen) atoms. The van der Waals surface area contributed by atoms with E-state index in [0.717, 1.165) is 45.2 Å². The van der Waals surface area contributed by atoms with Crippen molar-refractivity contribution in [1.29, 1.82) is 0 Å². The monoisotopic (exact) mass is 334 g/mol. The van der Waals surface area contributed by atoms with E-state index < -0.39 is 0 Å². The summed E-state index contributed by atoms with van der Waals surface area (Å²) in [5.41, 5.74) is 1.23. The van der Waals surface area contributed by atoms with Gasteiger partial charge in [0.1, 0.15) is 0 Å². The van der Waals surface area contributed by atoms with Gasteiger partial charge in [0.2, 0.25) is 5.91 Å². The molecule has 1 N–H and O–H groups in total. The molecule has 0 aromatic carbocycles. The summed E-state index contributed by atoms with van der Waals surface area (Å²) in [4.78, 5) is 22.4. The predicted molar refractivity (Wildman–Crippen MR) is 96.9 cm³/mol. The highest BCUT2D eigenvalue weighted by Crippen LogP contribution is 2.05. The number of nitrogens with one attached hydrogen (secondary N) is 1. The third-order valence-corrected chi connectivity index (χ3v) is 4.50. The summed E-state index contributed by atoms with van der Waals surface area (Å²) in [5, 5.41) is 3.44. The zero-order valence-electron chi connectivity index (χ0n) is 15.3. The largest absolute Gasteiger partial charge is 0.353 e. The van der Waals surface area contributed by atoms with Gasteiger partial charge in [0.05, 0.1) is 6.54 Å². The molecule has 1 fully saturated rings. The number of aromatic nitrogens is 1. The Morgan fingerprint density at radius 3 is 2.54 bits per heavy atom. The van der Waals surface area contributed by atoms with Crippen LogP contribution >= 0.6 is 0 Å². The molecule has 2 rings (SSSR count). The van der Waals surface area contributed by atoms with Gasteiger partial charge in [-0.2, -0.15) is 0 Å². The van der Waals surface area contributed by atoms with Crippen molar-refractivity contribution in [2.24, 2.45) is 12.0 Å². The molecule has 1 amide bonds. The number of guanidine groups is 1. The predicted octanol–water partition coefficient (Wildman–Crippen LogP) is 0.196. The number of amides is 1. The lowest BCUT2D eigenvalue weighted by atomic mass is 10.3. The van der Waals surface area contributed by atoms with Gasteiger partial charge in [0.15, 0.2) is 5.96 Å². The van der Waals surface area contributed by atoms with E-state index in [2.05, 4.69) is 30.7 Å². The van der Waals surface area contributed by atoms with Crippen molar-refractivity contribution in [3.05, 3.63) is 24.0 Å². The second-order valence-corrected chi connectivity index (χ2v) is 6.38. The Hall–Kier alpha value is -2.02. The molecule has 0 atom stereocenters. The van der Waals surface area contributed by atoms with Crippen LogP contribution in [-0.2, 0) is 18.4 Å². The van der Waals surface area contributed by atoms with Crippen LogP contribution in [0, 0.1) is 0 Å². The van der Waals surface area contributed by atoms with Gasteiger partial charge in [0, 0.05) is 79.2 Å². The molecular formula is C17H30N6O. The van der Waals surface area contributed by atoms with Gasteiger partial charge < -0.3 is 19.7 Å². The van der Waals surface area contributed by atoms with E-state index in [4.69, 9.17) is 0 Å². The summed E-state index contributed by atoms with van der Waals surface area (Å²) in [5.74, 6) is 1.14. The zero-order valence-corrected chi connectivity index (χ0v) is 15.3. The van der Waals surface area contributed by atoms with Crippen molar-refractivity contribution in [2.45, 2.75) is 13.0 Å². The molecule has 0 aliphatic carbocycles. The van der Waals surface area contributed by atoms with Crippen molar-refractivity contribution in [2.75, 3.05) is 53.9 Å². The molecule has 0 spiro atoms. The molecule has 0 saturated carbocycles. The summed E-state index contributed by atoms with van der Waals surface area (Å²) in [7, 11) is 7.49. The fourth-order valence-electron chi connectivity index (χ4n) is 2.84. The van der Waals surface area contributed by atoms with Gasteiger partial charge in [-0.05, 0) is 12.1 Å². The van der Waals surface area contributed by atoms with E-state index in [1.807, 2.05) is 40.5 Å². The number of piperazine rings is 1. The maximum absolute atomic E-state index is 11.7. The van der Waals surface area contributed by atoms with E-state index in [9.17, 15) is 4.79 Å². The highest BCUT2D eigenvalue weighted by atomic mass is 16.2. The normalized spacial score (nSPS) is 16.3. The van der Waals surface area contributed by atoms with Gasteiger partial charge >= 0.3 is 0 Å². The second-order valence-electron chi connectivity index (χ2n) is 6.38. The summed E-state index contributed by atoms with van der Waals surface area (Å²) < 4.78 is 2.11. The first-order valence-electron chi connectivity index (χ1n) is 8.49. The average Bonchev–Trinajstić information content (AvgIpc) is 2.99. The minimum atomic E-state index is 0.192. The first kappa shape index (κ1) is 18.3. The number of rotatable bonds is 5. The zero-order chi connectivity index (χ0) is 17.5. The lowest BCUT2D eigenvalue weighted by Gasteiger charge is -2.36. The van der Waals surface area contributed by atoms with E-state index in [-0.39, 0.29) is 5.91 Å². The van der Waals surface area contributed by atoms with E-state index in [1.165, 1.54) is 5.69 Å². The molecule has 1 saturated heterocycles. The van der Waals surface area contributed by atoms with E-state index in [0.29, 0.717) is 6.42 Å². The third kappa shape index (κ3) is 4.99. The lowest BCUT2D eigenvalue weighted by molar-refractivity contribution is -0.129. The van der Waals surface area contributed by atoms with Crippen LogP contribution in [0.4, 0.5) is 0 Å². The van der Waals surface area contributed by atoms with Crippen molar-refractivity contribution in [3.63, 3.8) is 0 Å². The third-order valence-electron chi connectivity index (χ3n) is 4.50. The number of carbonyl (C=O) groups is 1. The van der Waals surface area contributed by atoms with Crippen LogP contribution in [0.25, 0.3) is 0 Å². The van der Waals surface area contributed by atoms with E-state index in [1.54, 1.807) is 4.90 Å². The van der Waals surface area contributed by atoms with Crippen LogP contribution < -0.4 is 5.32 Å². The van der Waals surface area contributed by atoms with Crippen LogP contribution in [0.1, 0.15) is 12.1 Å². The number of hydrogen-bond acceptors (Lipinski definition) is 3. The number of aryl methyl sites for hydroxylation is 1. The SMILES string of the molecule is CN=C(NCc1cccn1C)N1CCN(CCC(=O)N(C)C)CC1. The van der Waals surface area contributed by atoms with Gasteiger partial charge in [-0.3, -0.25) is 14.7 Å². The van der Waals surface area contributed by atoms with E-state index >= 15 is 0 Å². The summed E-state index contributed by atoms with van der Waals surface area (Å²) in [6.45, 7) is 5.40. The summed E-state index contributed by atoms with van der Waals surface area (Å²) in [6, 6.07) is 4.16. The minimum Gasteiger partial charge on any atom is -0.353 e. The Labute approximate surface area is 144 Å². The number of aliphatic imine (C=N–C) groups is 1. The average molecular weight is 334 g/mol. The van der Waals surface area contributed by atoms with Gasteiger partial charge in [0.25, 0.3) is 0 Å². The maximum atomic E-state index is 11.7. The molecule has 7 heteroatoms. The minimum absolute atomic E-state index is 0.192. The van der Waals surface area contributed by atoms with Crippen LogP contribution in [0.3, 0.4) is 0 Å². The Morgan fingerprint density at radius 2 is 2.00 bits per heavy atom. The molecule has 1 aliphatic heterocycles. The first-order chi connectivity index (χ1) is 11.5. The second kappa shape index (κ2) is 8.73. The van der Waals surface area contributed by atoms with Crippen molar-refractivity contribution >= 4 is 11.9 Å². The Morgan fingerprint density at radius 1 is 1.29 bits per heavy atom. The fraction of sp³-hybridized carbons (Fsp3) is 0.647. The molecule has 1 aromatic rings. The topological polar surface area (TPSA) is 56.1 Å².